The van der Waals surface area contributed by atoms with Crippen LogP contribution >= 0.6 is 23.4 Å². The van der Waals surface area contributed by atoms with Crippen molar-refractivity contribution in [3.8, 4) is 0 Å². The standard InChI is InChI=1S/C14H20ClNOS/c1-10(2)8-12(9-15)16-14(17)11-4-6-13(18-3)7-5-11/h4-7,10,12H,8-9H2,1-3H3,(H,16,17). The Morgan fingerprint density at radius 3 is 2.39 bits per heavy atom. The van der Waals surface area contributed by atoms with Crippen LogP contribution in [0.15, 0.2) is 29.2 Å². The van der Waals surface area contributed by atoms with Gasteiger partial charge in [0.2, 0.25) is 0 Å². The van der Waals surface area contributed by atoms with E-state index in [-0.39, 0.29) is 11.9 Å². The number of amides is 1. The number of nitrogens with one attached hydrogen (secondary N) is 1. The van der Waals surface area contributed by atoms with Crippen LogP contribution in [0.2, 0.25) is 0 Å². The number of alkyl halides is 1. The molecule has 100 valence electrons. The van der Waals surface area contributed by atoms with Crippen molar-refractivity contribution in [3.05, 3.63) is 29.8 Å². The molecule has 1 unspecified atom stereocenters. The molecule has 4 heteroatoms. The number of hydrogen-bond acceptors (Lipinski definition) is 2. The fraction of sp³-hybridized carbons (Fsp3) is 0.500. The summed E-state index contributed by atoms with van der Waals surface area (Å²) in [7, 11) is 0. The highest BCUT2D eigenvalue weighted by Crippen LogP contribution is 2.15. The highest BCUT2D eigenvalue weighted by Gasteiger charge is 2.14. The minimum Gasteiger partial charge on any atom is -0.348 e. The first-order valence-corrected chi connectivity index (χ1v) is 7.83. The van der Waals surface area contributed by atoms with E-state index in [4.69, 9.17) is 11.6 Å². The van der Waals surface area contributed by atoms with Crippen LogP contribution in [0.3, 0.4) is 0 Å². The van der Waals surface area contributed by atoms with Crippen molar-refractivity contribution in [2.24, 2.45) is 5.92 Å². The van der Waals surface area contributed by atoms with Gasteiger partial charge in [0.1, 0.15) is 0 Å². The molecule has 0 aromatic heterocycles. The summed E-state index contributed by atoms with van der Waals surface area (Å²) in [6.07, 6.45) is 2.92. The number of rotatable bonds is 6. The summed E-state index contributed by atoms with van der Waals surface area (Å²) >= 11 is 7.54. The van der Waals surface area contributed by atoms with Gasteiger partial charge in [0, 0.05) is 22.4 Å². The summed E-state index contributed by atoms with van der Waals surface area (Å²) in [4.78, 5) is 13.2. The van der Waals surface area contributed by atoms with Gasteiger partial charge in [-0.3, -0.25) is 4.79 Å². The van der Waals surface area contributed by atoms with E-state index in [9.17, 15) is 4.79 Å². The molecule has 0 saturated carbocycles. The molecule has 1 atom stereocenters. The highest BCUT2D eigenvalue weighted by atomic mass is 35.5. The van der Waals surface area contributed by atoms with Crippen LogP contribution in [-0.2, 0) is 0 Å². The van der Waals surface area contributed by atoms with Gasteiger partial charge in [-0.05, 0) is 42.9 Å². The average molecular weight is 286 g/mol. The van der Waals surface area contributed by atoms with Crippen LogP contribution in [0.1, 0.15) is 30.6 Å². The average Bonchev–Trinajstić information content (AvgIpc) is 2.37. The Balaban J connectivity index is 2.62. The Morgan fingerprint density at radius 1 is 1.33 bits per heavy atom. The Morgan fingerprint density at radius 2 is 1.94 bits per heavy atom. The molecule has 0 heterocycles. The quantitative estimate of drug-likeness (QED) is 0.636. The zero-order valence-corrected chi connectivity index (χ0v) is 12.6. The smallest absolute Gasteiger partial charge is 0.251 e. The number of thioether (sulfide) groups is 1. The first-order chi connectivity index (χ1) is 8.56. The van der Waals surface area contributed by atoms with Gasteiger partial charge in [-0.1, -0.05) is 13.8 Å². The van der Waals surface area contributed by atoms with Crippen molar-refractivity contribution in [2.75, 3.05) is 12.1 Å². The molecule has 0 fully saturated rings. The molecule has 1 aromatic carbocycles. The van der Waals surface area contributed by atoms with Crippen LogP contribution in [0, 0.1) is 5.92 Å². The zero-order chi connectivity index (χ0) is 13.5. The van der Waals surface area contributed by atoms with Crippen molar-refractivity contribution in [1.82, 2.24) is 5.32 Å². The van der Waals surface area contributed by atoms with Gasteiger partial charge in [0.15, 0.2) is 0 Å². The van der Waals surface area contributed by atoms with Gasteiger partial charge in [0.25, 0.3) is 5.91 Å². The number of carbonyl (C=O) groups excluding carboxylic acids is 1. The van der Waals surface area contributed by atoms with Crippen molar-refractivity contribution in [3.63, 3.8) is 0 Å². The lowest BCUT2D eigenvalue weighted by atomic mass is 10.0. The molecule has 1 N–H and O–H groups in total. The zero-order valence-electron chi connectivity index (χ0n) is 11.1. The first-order valence-electron chi connectivity index (χ1n) is 6.07. The molecule has 0 aliphatic heterocycles. The molecule has 2 nitrogen and oxygen atoms in total. The van der Waals surface area contributed by atoms with Gasteiger partial charge >= 0.3 is 0 Å². The van der Waals surface area contributed by atoms with E-state index < -0.39 is 0 Å². The van der Waals surface area contributed by atoms with Crippen molar-refractivity contribution < 1.29 is 4.79 Å². The Kier molecular flexibility index (Phi) is 6.58. The number of carbonyl (C=O) groups is 1. The van der Waals surface area contributed by atoms with Gasteiger partial charge in [-0.25, -0.2) is 0 Å². The fourth-order valence-corrected chi connectivity index (χ4v) is 2.35. The second-order valence-corrected chi connectivity index (χ2v) is 5.87. The third-order valence-electron chi connectivity index (χ3n) is 2.63. The third-order valence-corrected chi connectivity index (χ3v) is 3.75. The molecule has 1 aromatic rings. The molecule has 0 aliphatic rings. The molecular weight excluding hydrogens is 266 g/mol. The third kappa shape index (κ3) is 4.91. The molecule has 1 amide bonds. The van der Waals surface area contributed by atoms with E-state index in [0.717, 1.165) is 11.3 Å². The van der Waals surface area contributed by atoms with E-state index in [1.807, 2.05) is 30.5 Å². The molecule has 0 spiro atoms. The van der Waals surface area contributed by atoms with Gasteiger partial charge < -0.3 is 5.32 Å². The molecular formula is C14H20ClNOS. The SMILES string of the molecule is CSc1ccc(C(=O)NC(CCl)CC(C)C)cc1. The normalized spacial score (nSPS) is 12.5. The van der Waals surface area contributed by atoms with Crippen LogP contribution in [-0.4, -0.2) is 24.1 Å². The lowest BCUT2D eigenvalue weighted by molar-refractivity contribution is 0.0936. The molecule has 0 saturated heterocycles. The van der Waals surface area contributed by atoms with Gasteiger partial charge in [-0.2, -0.15) is 0 Å². The van der Waals surface area contributed by atoms with Crippen molar-refractivity contribution in [2.45, 2.75) is 31.2 Å². The largest absolute Gasteiger partial charge is 0.348 e. The van der Waals surface area contributed by atoms with Gasteiger partial charge in [0.05, 0.1) is 0 Å². The van der Waals surface area contributed by atoms with E-state index in [1.165, 1.54) is 0 Å². The maximum Gasteiger partial charge on any atom is 0.251 e. The second-order valence-electron chi connectivity index (χ2n) is 4.68. The fourth-order valence-electron chi connectivity index (χ4n) is 1.74. The van der Waals surface area contributed by atoms with Crippen LogP contribution < -0.4 is 5.32 Å². The first kappa shape index (κ1) is 15.4. The lowest BCUT2D eigenvalue weighted by Gasteiger charge is -2.18. The van der Waals surface area contributed by atoms with E-state index in [1.54, 1.807) is 11.8 Å². The van der Waals surface area contributed by atoms with Gasteiger partial charge in [-0.15, -0.1) is 23.4 Å². The summed E-state index contributed by atoms with van der Waals surface area (Å²) in [6.45, 7) is 4.25. The summed E-state index contributed by atoms with van der Waals surface area (Å²) < 4.78 is 0. The maximum absolute atomic E-state index is 12.0. The van der Waals surface area contributed by atoms with Crippen molar-refractivity contribution in [1.29, 1.82) is 0 Å². The predicted octanol–water partition coefficient (Wildman–Crippen LogP) is 3.79. The lowest BCUT2D eigenvalue weighted by Crippen LogP contribution is -2.37. The highest BCUT2D eigenvalue weighted by molar-refractivity contribution is 7.98. The van der Waals surface area contributed by atoms with E-state index in [2.05, 4.69) is 19.2 Å². The monoisotopic (exact) mass is 285 g/mol. The summed E-state index contributed by atoms with van der Waals surface area (Å²) in [5.41, 5.74) is 0.687. The summed E-state index contributed by atoms with van der Waals surface area (Å²) in [5.74, 6) is 0.925. The molecule has 0 aliphatic carbocycles. The Hall–Kier alpha value is -0.670. The van der Waals surface area contributed by atoms with E-state index >= 15 is 0 Å². The van der Waals surface area contributed by atoms with E-state index in [0.29, 0.717) is 17.4 Å². The minimum atomic E-state index is -0.0473. The molecule has 1 rings (SSSR count). The summed E-state index contributed by atoms with van der Waals surface area (Å²) in [6, 6.07) is 7.65. The summed E-state index contributed by atoms with van der Waals surface area (Å²) in [5, 5.41) is 2.97. The Bertz CT molecular complexity index is 378. The maximum atomic E-state index is 12.0. The molecule has 0 bridgehead atoms. The van der Waals surface area contributed by atoms with Crippen LogP contribution in [0.25, 0.3) is 0 Å². The second kappa shape index (κ2) is 7.70. The number of halogens is 1. The van der Waals surface area contributed by atoms with Crippen LogP contribution in [0.4, 0.5) is 0 Å². The molecule has 18 heavy (non-hydrogen) atoms. The predicted molar refractivity (Wildman–Crippen MR) is 79.7 cm³/mol. The van der Waals surface area contributed by atoms with Crippen LogP contribution in [0.5, 0.6) is 0 Å². The Labute approximate surface area is 118 Å². The minimum absolute atomic E-state index is 0.0411. The van der Waals surface area contributed by atoms with Crippen molar-refractivity contribution >= 4 is 29.3 Å². The number of benzene rings is 1. The number of hydrogen-bond donors (Lipinski definition) is 1. The molecule has 0 radical (unpaired) electrons. The topological polar surface area (TPSA) is 29.1 Å².